The molecular weight excluding hydrogens is 248 g/mol. The summed E-state index contributed by atoms with van der Waals surface area (Å²) in [6.07, 6.45) is 4.92. The zero-order valence-corrected chi connectivity index (χ0v) is 11.0. The maximum absolute atomic E-state index is 11.8. The van der Waals surface area contributed by atoms with Crippen LogP contribution >= 0.6 is 0 Å². The Hall–Kier alpha value is -1.85. The minimum atomic E-state index is -0.526. The number of carbonyl (C=O) groups is 2. The Morgan fingerprint density at radius 3 is 2.53 bits per heavy atom. The highest BCUT2D eigenvalue weighted by Crippen LogP contribution is 2.89. The highest BCUT2D eigenvalue weighted by atomic mass is 16.6. The Labute approximate surface area is 110 Å². The van der Waals surface area contributed by atoms with Gasteiger partial charge in [-0.05, 0) is 17.3 Å². The lowest BCUT2D eigenvalue weighted by Gasteiger charge is -2.10. The van der Waals surface area contributed by atoms with Crippen molar-refractivity contribution in [3.05, 3.63) is 18.7 Å². The lowest BCUT2D eigenvalue weighted by Crippen LogP contribution is -2.20. The lowest BCUT2D eigenvalue weighted by atomic mass is 10.0. The van der Waals surface area contributed by atoms with Gasteiger partial charge in [-0.3, -0.25) is 4.79 Å². The Kier molecular flexibility index (Phi) is 2.45. The Morgan fingerprint density at radius 2 is 2.00 bits per heavy atom. The van der Waals surface area contributed by atoms with Crippen molar-refractivity contribution >= 4 is 12.1 Å². The van der Waals surface area contributed by atoms with Crippen LogP contribution in [0.25, 0.3) is 0 Å². The second-order valence-corrected chi connectivity index (χ2v) is 5.70. The number of rotatable bonds is 4. The number of carbonyl (C=O) groups excluding carboxylic acids is 2. The van der Waals surface area contributed by atoms with Gasteiger partial charge in [0.25, 0.3) is 0 Å². The van der Waals surface area contributed by atoms with Gasteiger partial charge in [-0.15, -0.1) is 0 Å². The number of hydrogen-bond acceptors (Lipinski definition) is 5. The molecule has 0 bridgehead atoms. The van der Waals surface area contributed by atoms with Gasteiger partial charge in [0.1, 0.15) is 19.5 Å². The number of ether oxygens (including phenoxy) is 2. The molecule has 0 spiro atoms. The molecule has 3 rings (SSSR count). The van der Waals surface area contributed by atoms with Gasteiger partial charge in [0.05, 0.1) is 5.92 Å². The van der Waals surface area contributed by atoms with E-state index in [1.165, 1.54) is 23.3 Å². The molecule has 1 heterocycles. The van der Waals surface area contributed by atoms with Crippen molar-refractivity contribution in [3.63, 3.8) is 0 Å². The normalized spacial score (nSPS) is 34.3. The average Bonchev–Trinajstić information content (AvgIpc) is 2.94. The predicted molar refractivity (Wildman–Crippen MR) is 64.3 cm³/mol. The first-order valence-corrected chi connectivity index (χ1v) is 6.31. The molecule has 0 saturated heterocycles. The highest BCUT2D eigenvalue weighted by Gasteiger charge is 2.88. The third-order valence-corrected chi connectivity index (χ3v) is 4.61. The molecule has 1 aromatic heterocycles. The molecule has 2 unspecified atom stereocenters. The molecule has 2 aliphatic carbocycles. The smallest absolute Gasteiger partial charge is 0.419 e. The van der Waals surface area contributed by atoms with Gasteiger partial charge in [0.15, 0.2) is 0 Å². The molecule has 0 radical (unpaired) electrons. The van der Waals surface area contributed by atoms with Crippen molar-refractivity contribution in [2.75, 3.05) is 13.2 Å². The maximum Gasteiger partial charge on any atom is 0.419 e. The second-order valence-electron chi connectivity index (χ2n) is 5.70. The fraction of sp³-hybridized carbons (Fsp3) is 0.615. The fourth-order valence-corrected chi connectivity index (χ4v) is 3.06. The molecule has 2 saturated carbocycles. The van der Waals surface area contributed by atoms with Gasteiger partial charge >= 0.3 is 12.1 Å². The summed E-state index contributed by atoms with van der Waals surface area (Å²) in [5.41, 5.74) is 0.329. The largest absolute Gasteiger partial charge is 0.462 e. The lowest BCUT2D eigenvalue weighted by molar-refractivity contribution is -0.148. The van der Waals surface area contributed by atoms with Gasteiger partial charge in [-0.2, -0.15) is 0 Å². The molecule has 0 aromatic carbocycles. The Morgan fingerprint density at radius 1 is 1.32 bits per heavy atom. The van der Waals surface area contributed by atoms with E-state index >= 15 is 0 Å². The van der Waals surface area contributed by atoms with Crippen LogP contribution in [0.4, 0.5) is 4.79 Å². The van der Waals surface area contributed by atoms with Crippen LogP contribution in [0.1, 0.15) is 20.3 Å². The summed E-state index contributed by atoms with van der Waals surface area (Å²) in [5, 5.41) is 0. The minimum absolute atomic E-state index is 0.0318. The molecule has 2 fully saturated rings. The first-order valence-electron chi connectivity index (χ1n) is 6.31. The third kappa shape index (κ3) is 1.74. The summed E-state index contributed by atoms with van der Waals surface area (Å²) in [5.74, 6) is -0.140. The van der Waals surface area contributed by atoms with Crippen molar-refractivity contribution in [2.45, 2.75) is 20.3 Å². The fourth-order valence-electron chi connectivity index (χ4n) is 3.06. The van der Waals surface area contributed by atoms with E-state index in [0.29, 0.717) is 0 Å². The monoisotopic (exact) mass is 264 g/mol. The second kappa shape index (κ2) is 3.82. The summed E-state index contributed by atoms with van der Waals surface area (Å²) in [6.45, 7) is 4.38. The molecular formula is C13H16N2O4. The molecule has 6 nitrogen and oxygen atoms in total. The molecule has 19 heavy (non-hydrogen) atoms. The molecule has 2 aliphatic rings. The average molecular weight is 264 g/mol. The molecule has 0 aliphatic heterocycles. The van der Waals surface area contributed by atoms with Gasteiger partial charge in [0.2, 0.25) is 0 Å². The summed E-state index contributed by atoms with van der Waals surface area (Å²) in [4.78, 5) is 26.9. The van der Waals surface area contributed by atoms with Gasteiger partial charge in [0, 0.05) is 12.4 Å². The zero-order valence-electron chi connectivity index (χ0n) is 11.0. The molecule has 0 amide bonds. The first kappa shape index (κ1) is 12.2. The number of hydrogen-bond donors (Lipinski definition) is 0. The van der Waals surface area contributed by atoms with Gasteiger partial charge < -0.3 is 9.47 Å². The van der Waals surface area contributed by atoms with E-state index in [2.05, 4.69) is 18.8 Å². The predicted octanol–water partition coefficient (Wildman–Crippen LogP) is 1.46. The van der Waals surface area contributed by atoms with Crippen LogP contribution < -0.4 is 0 Å². The van der Waals surface area contributed by atoms with Gasteiger partial charge in [-0.1, -0.05) is 13.8 Å². The quantitative estimate of drug-likeness (QED) is 0.608. The van der Waals surface area contributed by atoms with Gasteiger partial charge in [-0.25, -0.2) is 14.3 Å². The van der Waals surface area contributed by atoms with Crippen molar-refractivity contribution < 1.29 is 19.1 Å². The Bertz CT molecular complexity index is 513. The van der Waals surface area contributed by atoms with E-state index in [0.717, 1.165) is 6.42 Å². The number of fused-ring (bicyclic) bond motifs is 1. The number of esters is 1. The van der Waals surface area contributed by atoms with E-state index in [4.69, 9.17) is 9.47 Å². The molecule has 6 heteroatoms. The van der Waals surface area contributed by atoms with Crippen molar-refractivity contribution in [1.29, 1.82) is 0 Å². The first-order chi connectivity index (χ1) is 8.99. The standard InChI is InChI=1S/C13H16N2O4/c1-12-7-13(12,2)9(12)10(16)18-5-6-19-11(17)15-4-3-14-8-15/h3-4,8-9H,5-7H2,1-2H3. The van der Waals surface area contributed by atoms with Crippen LogP contribution in [-0.2, 0) is 14.3 Å². The minimum Gasteiger partial charge on any atom is -0.462 e. The van der Waals surface area contributed by atoms with Crippen molar-refractivity contribution in [2.24, 2.45) is 16.7 Å². The summed E-state index contributed by atoms with van der Waals surface area (Å²) < 4.78 is 11.3. The Balaban J connectivity index is 1.36. The van der Waals surface area contributed by atoms with Crippen LogP contribution in [0.3, 0.4) is 0 Å². The van der Waals surface area contributed by atoms with Crippen LogP contribution in [0, 0.1) is 16.7 Å². The van der Waals surface area contributed by atoms with Crippen LogP contribution in [0.5, 0.6) is 0 Å². The summed E-state index contributed by atoms with van der Waals surface area (Å²) in [6, 6.07) is 0. The van der Waals surface area contributed by atoms with Crippen molar-refractivity contribution in [1.82, 2.24) is 9.55 Å². The topological polar surface area (TPSA) is 70.4 Å². The molecule has 0 N–H and O–H groups in total. The maximum atomic E-state index is 11.8. The third-order valence-electron chi connectivity index (χ3n) is 4.61. The molecule has 102 valence electrons. The summed E-state index contributed by atoms with van der Waals surface area (Å²) >= 11 is 0. The zero-order chi connectivity index (χ0) is 13.7. The molecule has 2 atom stereocenters. The van der Waals surface area contributed by atoms with E-state index in [1.807, 2.05) is 0 Å². The number of aromatic nitrogens is 2. The van der Waals surface area contributed by atoms with E-state index < -0.39 is 6.09 Å². The van der Waals surface area contributed by atoms with Crippen LogP contribution in [0.15, 0.2) is 18.7 Å². The SMILES string of the molecule is CC12CC1(C)C2C(=O)OCCOC(=O)n1ccnc1. The summed E-state index contributed by atoms with van der Waals surface area (Å²) in [7, 11) is 0. The highest BCUT2D eigenvalue weighted by molar-refractivity contribution is 5.82. The van der Waals surface area contributed by atoms with Crippen molar-refractivity contribution in [3.8, 4) is 0 Å². The van der Waals surface area contributed by atoms with Crippen LogP contribution in [-0.4, -0.2) is 34.8 Å². The number of nitrogens with zero attached hydrogens (tertiary/aromatic N) is 2. The van der Waals surface area contributed by atoms with E-state index in [9.17, 15) is 9.59 Å². The molecule has 1 aromatic rings. The van der Waals surface area contributed by atoms with Crippen LogP contribution in [0.2, 0.25) is 0 Å². The van der Waals surface area contributed by atoms with E-state index in [1.54, 1.807) is 0 Å². The number of imidazole rings is 1. The van der Waals surface area contributed by atoms with E-state index in [-0.39, 0.29) is 35.9 Å².